The number of rotatable bonds is 5. The first-order valence-corrected chi connectivity index (χ1v) is 11.1. The second-order valence-electron chi connectivity index (χ2n) is 7.52. The van der Waals surface area contributed by atoms with E-state index in [0.29, 0.717) is 31.8 Å². The van der Waals surface area contributed by atoms with Gasteiger partial charge in [-0.15, -0.1) is 0 Å². The van der Waals surface area contributed by atoms with Crippen LogP contribution in [0.2, 0.25) is 0 Å². The Morgan fingerprint density at radius 1 is 1.17 bits per heavy atom. The second-order valence-corrected chi connectivity index (χ2v) is 8.30. The number of urea groups is 1. The summed E-state index contributed by atoms with van der Waals surface area (Å²) in [5, 5.41) is 6.84. The van der Waals surface area contributed by atoms with Crippen LogP contribution in [0.4, 0.5) is 4.79 Å². The van der Waals surface area contributed by atoms with Gasteiger partial charge < -0.3 is 20.0 Å². The summed E-state index contributed by atoms with van der Waals surface area (Å²) in [6.45, 7) is 8.96. The molecule has 3 aliphatic rings. The molecule has 156 valence electrons. The Labute approximate surface area is 174 Å². The summed E-state index contributed by atoms with van der Waals surface area (Å²) in [5.74, 6) is -0.182. The topological polar surface area (TPSA) is 76.2 Å². The van der Waals surface area contributed by atoms with Crippen LogP contribution in [0.15, 0.2) is 28.1 Å². The molecule has 0 bridgehead atoms. The first kappa shape index (κ1) is 19.9. The molecule has 0 radical (unpaired) electrons. The van der Waals surface area contributed by atoms with E-state index in [4.69, 9.17) is 0 Å². The third-order valence-corrected chi connectivity index (χ3v) is 6.69. The van der Waals surface area contributed by atoms with Crippen LogP contribution >= 0.6 is 11.3 Å². The summed E-state index contributed by atoms with van der Waals surface area (Å²) >= 11 is 1.53. The Hall–Kier alpha value is -2.39. The summed E-state index contributed by atoms with van der Waals surface area (Å²) in [6, 6.07) is 1.28. The molecule has 9 heteroatoms. The minimum absolute atomic E-state index is 0.0247. The summed E-state index contributed by atoms with van der Waals surface area (Å²) in [7, 11) is 0. The number of thiophene rings is 1. The number of hydrogen-bond acceptors (Lipinski definition) is 5. The van der Waals surface area contributed by atoms with Crippen molar-refractivity contribution in [3.05, 3.63) is 33.7 Å². The van der Waals surface area contributed by atoms with Crippen molar-refractivity contribution in [2.45, 2.75) is 19.9 Å². The third-order valence-electron chi connectivity index (χ3n) is 5.99. The lowest BCUT2D eigenvalue weighted by molar-refractivity contribution is -0.138. The monoisotopic (exact) mass is 417 g/mol. The van der Waals surface area contributed by atoms with E-state index in [0.717, 1.165) is 30.9 Å². The Balaban J connectivity index is 1.51. The number of hydrogen-bond donors (Lipinski definition) is 1. The highest BCUT2D eigenvalue weighted by atomic mass is 32.1. The second kappa shape index (κ2) is 8.16. The van der Waals surface area contributed by atoms with Gasteiger partial charge in [0, 0.05) is 32.7 Å². The fourth-order valence-electron chi connectivity index (χ4n) is 4.28. The van der Waals surface area contributed by atoms with Crippen molar-refractivity contribution < 1.29 is 14.4 Å². The Kier molecular flexibility index (Phi) is 5.60. The molecular weight excluding hydrogens is 390 g/mol. The normalized spacial score (nSPS) is 23.0. The van der Waals surface area contributed by atoms with E-state index in [1.807, 2.05) is 28.7 Å². The van der Waals surface area contributed by atoms with E-state index >= 15 is 0 Å². The van der Waals surface area contributed by atoms with Crippen LogP contribution in [0.1, 0.15) is 25.5 Å². The summed E-state index contributed by atoms with van der Waals surface area (Å²) < 4.78 is 0. The molecule has 0 spiro atoms. The maximum absolute atomic E-state index is 13.2. The van der Waals surface area contributed by atoms with Crippen LogP contribution in [0.5, 0.6) is 0 Å². The molecule has 0 aliphatic carbocycles. The molecule has 1 unspecified atom stereocenters. The van der Waals surface area contributed by atoms with Crippen molar-refractivity contribution in [1.82, 2.24) is 24.9 Å². The van der Waals surface area contributed by atoms with Crippen molar-refractivity contribution in [3.8, 4) is 0 Å². The zero-order chi connectivity index (χ0) is 20.5. The molecule has 1 saturated heterocycles. The fourth-order valence-corrected chi connectivity index (χ4v) is 4.96. The Bertz CT molecular complexity index is 829. The van der Waals surface area contributed by atoms with E-state index in [1.54, 1.807) is 9.80 Å². The van der Waals surface area contributed by atoms with E-state index in [2.05, 4.69) is 17.1 Å². The molecule has 1 aromatic rings. The molecule has 3 aliphatic heterocycles. The highest BCUT2D eigenvalue weighted by molar-refractivity contribution is 7.08. The zero-order valence-corrected chi connectivity index (χ0v) is 17.7. The number of nitrogens with zero attached hydrogens (tertiary/aromatic N) is 4. The van der Waals surface area contributed by atoms with Gasteiger partial charge in [0.1, 0.15) is 6.54 Å². The Morgan fingerprint density at radius 3 is 2.55 bits per heavy atom. The van der Waals surface area contributed by atoms with Crippen molar-refractivity contribution in [2.75, 3.05) is 52.4 Å². The van der Waals surface area contributed by atoms with Gasteiger partial charge in [-0.25, -0.2) is 4.79 Å². The minimum atomic E-state index is -0.452. The van der Waals surface area contributed by atoms with Gasteiger partial charge in [-0.05, 0) is 35.9 Å². The molecule has 4 heterocycles. The third kappa shape index (κ3) is 3.64. The molecule has 1 aromatic heterocycles. The number of carbonyl (C=O) groups is 3. The van der Waals surface area contributed by atoms with Crippen molar-refractivity contribution in [1.29, 1.82) is 0 Å². The lowest BCUT2D eigenvalue weighted by Gasteiger charge is -2.34. The maximum Gasteiger partial charge on any atom is 0.322 e. The predicted molar refractivity (Wildman–Crippen MR) is 110 cm³/mol. The van der Waals surface area contributed by atoms with Crippen LogP contribution < -0.4 is 5.32 Å². The largest absolute Gasteiger partial charge is 0.339 e. The van der Waals surface area contributed by atoms with Crippen LogP contribution in [-0.4, -0.2) is 89.8 Å². The smallest absolute Gasteiger partial charge is 0.322 e. The quantitative estimate of drug-likeness (QED) is 0.778. The molecule has 1 fully saturated rings. The number of amides is 4. The standard InChI is InChI=1S/C20H27N5O3S/c1-3-22-6-8-23(9-7-22)16(26)12-24-11-15-17(19(24)27)18(14-5-10-29-13-14)21-20(28)25(15)4-2/h5,10,13,18H,3-4,6-9,11-12H2,1-2H3,(H,21,28). The van der Waals surface area contributed by atoms with Gasteiger partial charge in [0.25, 0.3) is 5.91 Å². The predicted octanol–water partition coefficient (Wildman–Crippen LogP) is 1.09. The summed E-state index contributed by atoms with van der Waals surface area (Å²) in [5.41, 5.74) is 2.22. The molecule has 1 N–H and O–H groups in total. The van der Waals surface area contributed by atoms with Crippen LogP contribution in [0.25, 0.3) is 0 Å². The molecule has 29 heavy (non-hydrogen) atoms. The number of piperazine rings is 1. The first-order valence-electron chi connectivity index (χ1n) is 10.2. The van der Waals surface area contributed by atoms with Crippen molar-refractivity contribution in [2.24, 2.45) is 0 Å². The van der Waals surface area contributed by atoms with Crippen LogP contribution in [0, 0.1) is 0 Å². The number of nitrogens with one attached hydrogen (secondary N) is 1. The highest BCUT2D eigenvalue weighted by Crippen LogP contribution is 2.36. The van der Waals surface area contributed by atoms with Crippen molar-refractivity contribution in [3.63, 3.8) is 0 Å². The van der Waals surface area contributed by atoms with Crippen molar-refractivity contribution >= 4 is 29.2 Å². The molecule has 4 amide bonds. The average molecular weight is 418 g/mol. The lowest BCUT2D eigenvalue weighted by atomic mass is 9.98. The average Bonchev–Trinajstić information content (AvgIpc) is 3.37. The Morgan fingerprint density at radius 2 is 1.93 bits per heavy atom. The summed E-state index contributed by atoms with van der Waals surface area (Å²) in [4.78, 5) is 46.0. The van der Waals surface area contributed by atoms with Gasteiger partial charge in [-0.1, -0.05) is 6.92 Å². The van der Waals surface area contributed by atoms with Gasteiger partial charge in [-0.3, -0.25) is 14.5 Å². The maximum atomic E-state index is 13.2. The first-order chi connectivity index (χ1) is 14.0. The van der Waals surface area contributed by atoms with Gasteiger partial charge in [0.15, 0.2) is 0 Å². The molecule has 8 nitrogen and oxygen atoms in total. The van der Waals surface area contributed by atoms with E-state index in [1.165, 1.54) is 11.3 Å². The van der Waals surface area contributed by atoms with Gasteiger partial charge in [-0.2, -0.15) is 11.3 Å². The molecular formula is C20H27N5O3S. The van der Waals surface area contributed by atoms with Gasteiger partial charge in [0.05, 0.1) is 23.9 Å². The summed E-state index contributed by atoms with van der Waals surface area (Å²) in [6.07, 6.45) is 0. The fraction of sp³-hybridized carbons (Fsp3) is 0.550. The van der Waals surface area contributed by atoms with E-state index in [-0.39, 0.29) is 24.4 Å². The molecule has 4 rings (SSSR count). The van der Waals surface area contributed by atoms with Crippen LogP contribution in [0.3, 0.4) is 0 Å². The molecule has 0 aromatic carbocycles. The number of likely N-dealkylation sites (N-methyl/N-ethyl adjacent to an activating group) is 2. The minimum Gasteiger partial charge on any atom is -0.339 e. The van der Waals surface area contributed by atoms with Gasteiger partial charge in [0.2, 0.25) is 5.91 Å². The molecule has 1 atom stereocenters. The zero-order valence-electron chi connectivity index (χ0n) is 16.9. The SMILES string of the molecule is CCN1CCN(C(=O)CN2CC3=C(C2=O)C(c2ccsc2)NC(=O)N3CC)CC1. The molecule has 0 saturated carbocycles. The lowest BCUT2D eigenvalue weighted by Crippen LogP contribution is -2.51. The van der Waals surface area contributed by atoms with Gasteiger partial charge >= 0.3 is 6.03 Å². The highest BCUT2D eigenvalue weighted by Gasteiger charge is 2.44. The number of carbonyl (C=O) groups excluding carboxylic acids is 3. The van der Waals surface area contributed by atoms with E-state index in [9.17, 15) is 14.4 Å². The van der Waals surface area contributed by atoms with Crippen LogP contribution in [-0.2, 0) is 9.59 Å². The van der Waals surface area contributed by atoms with E-state index < -0.39 is 6.04 Å².